The Hall–Kier alpha value is -1.86. The Morgan fingerprint density at radius 2 is 2.18 bits per heavy atom. The summed E-state index contributed by atoms with van der Waals surface area (Å²) in [7, 11) is 1.60. The summed E-state index contributed by atoms with van der Waals surface area (Å²) in [5.41, 5.74) is -1.49. The molecule has 88 valence electrons. The fraction of sp³-hybridized carbons (Fsp3) is 0.308. The summed E-state index contributed by atoms with van der Waals surface area (Å²) < 4.78 is 13.3. The van der Waals surface area contributed by atoms with Crippen LogP contribution in [0, 0.1) is 17.7 Å². The number of amides is 1. The molecule has 3 nitrogen and oxygen atoms in total. The standard InChI is InChI=1S/C13H12FNO2/c1-15-9-8-13(17,12(15)16)7-6-10-4-2-3-5-11(10)14/h2-5,17H,8-9H2,1H3. The molecule has 0 aromatic heterocycles. The van der Waals surface area contributed by atoms with Crippen LogP contribution >= 0.6 is 0 Å². The first kappa shape index (κ1) is 11.6. The molecule has 0 spiro atoms. The minimum absolute atomic E-state index is 0.184. The van der Waals surface area contributed by atoms with Gasteiger partial charge in [0.15, 0.2) is 0 Å². The van der Waals surface area contributed by atoms with E-state index in [9.17, 15) is 14.3 Å². The molecule has 1 atom stereocenters. The zero-order valence-corrected chi connectivity index (χ0v) is 9.40. The Labute approximate surface area is 98.9 Å². The smallest absolute Gasteiger partial charge is 0.267 e. The molecule has 2 rings (SSSR count). The van der Waals surface area contributed by atoms with E-state index in [1.807, 2.05) is 0 Å². The maximum atomic E-state index is 13.3. The second kappa shape index (κ2) is 4.19. The molecule has 0 aliphatic carbocycles. The van der Waals surface area contributed by atoms with Gasteiger partial charge in [0.05, 0.1) is 5.56 Å². The number of nitrogens with zero attached hydrogens (tertiary/aromatic N) is 1. The van der Waals surface area contributed by atoms with Crippen molar-refractivity contribution < 1.29 is 14.3 Å². The third kappa shape index (κ3) is 2.15. The third-order valence-corrected chi connectivity index (χ3v) is 2.79. The van der Waals surface area contributed by atoms with Crippen LogP contribution in [0.1, 0.15) is 12.0 Å². The van der Waals surface area contributed by atoms with Crippen LogP contribution in [-0.4, -0.2) is 35.1 Å². The van der Waals surface area contributed by atoms with E-state index in [-0.39, 0.29) is 12.0 Å². The minimum atomic E-state index is -1.67. The van der Waals surface area contributed by atoms with Crippen molar-refractivity contribution in [2.45, 2.75) is 12.0 Å². The molecule has 1 saturated heterocycles. The Morgan fingerprint density at radius 3 is 2.76 bits per heavy atom. The highest BCUT2D eigenvalue weighted by Crippen LogP contribution is 2.20. The van der Waals surface area contributed by atoms with Crippen molar-refractivity contribution in [3.8, 4) is 11.8 Å². The molecule has 0 saturated carbocycles. The Balaban J connectivity index is 2.29. The number of rotatable bonds is 0. The number of benzene rings is 1. The van der Waals surface area contributed by atoms with E-state index in [4.69, 9.17) is 0 Å². The van der Waals surface area contributed by atoms with E-state index in [1.165, 1.54) is 17.0 Å². The van der Waals surface area contributed by atoms with Gasteiger partial charge in [0.2, 0.25) is 5.60 Å². The summed E-state index contributed by atoms with van der Waals surface area (Å²) in [6, 6.07) is 6.01. The Morgan fingerprint density at radius 1 is 1.47 bits per heavy atom. The first-order chi connectivity index (χ1) is 8.03. The first-order valence-corrected chi connectivity index (χ1v) is 5.28. The molecule has 1 heterocycles. The van der Waals surface area contributed by atoms with Crippen molar-refractivity contribution in [2.24, 2.45) is 0 Å². The molecule has 1 aliphatic heterocycles. The molecule has 17 heavy (non-hydrogen) atoms. The summed E-state index contributed by atoms with van der Waals surface area (Å²) in [6.45, 7) is 0.460. The van der Waals surface area contributed by atoms with Crippen molar-refractivity contribution >= 4 is 5.91 Å². The van der Waals surface area contributed by atoms with E-state index < -0.39 is 17.3 Å². The van der Waals surface area contributed by atoms with Crippen LogP contribution < -0.4 is 0 Å². The van der Waals surface area contributed by atoms with Crippen LogP contribution in [0.25, 0.3) is 0 Å². The summed E-state index contributed by atoms with van der Waals surface area (Å²) in [4.78, 5) is 13.0. The lowest BCUT2D eigenvalue weighted by Gasteiger charge is -2.13. The average molecular weight is 233 g/mol. The maximum absolute atomic E-state index is 13.3. The fourth-order valence-corrected chi connectivity index (χ4v) is 1.70. The predicted molar refractivity (Wildman–Crippen MR) is 60.5 cm³/mol. The first-order valence-electron chi connectivity index (χ1n) is 5.28. The van der Waals surface area contributed by atoms with Gasteiger partial charge in [-0.2, -0.15) is 0 Å². The van der Waals surface area contributed by atoms with E-state index in [0.29, 0.717) is 6.54 Å². The van der Waals surface area contributed by atoms with Crippen molar-refractivity contribution in [2.75, 3.05) is 13.6 Å². The highest BCUT2D eigenvalue weighted by atomic mass is 19.1. The number of aliphatic hydroxyl groups is 1. The van der Waals surface area contributed by atoms with E-state index in [1.54, 1.807) is 19.2 Å². The minimum Gasteiger partial charge on any atom is -0.369 e. The van der Waals surface area contributed by atoms with Crippen molar-refractivity contribution in [3.63, 3.8) is 0 Å². The second-order valence-corrected chi connectivity index (χ2v) is 4.07. The monoisotopic (exact) mass is 233 g/mol. The average Bonchev–Trinajstić information content (AvgIpc) is 2.57. The van der Waals surface area contributed by atoms with Gasteiger partial charge in [-0.1, -0.05) is 24.0 Å². The van der Waals surface area contributed by atoms with Crippen molar-refractivity contribution in [3.05, 3.63) is 35.6 Å². The van der Waals surface area contributed by atoms with Crippen LogP contribution in [0.5, 0.6) is 0 Å². The molecule has 1 aromatic carbocycles. The number of halogens is 1. The van der Waals surface area contributed by atoms with E-state index in [0.717, 1.165) is 0 Å². The summed E-state index contributed by atoms with van der Waals surface area (Å²) >= 11 is 0. The van der Waals surface area contributed by atoms with Crippen LogP contribution in [0.4, 0.5) is 4.39 Å². The molecule has 0 bridgehead atoms. The van der Waals surface area contributed by atoms with Gasteiger partial charge >= 0.3 is 0 Å². The number of likely N-dealkylation sites (tertiary alicyclic amines) is 1. The van der Waals surface area contributed by atoms with Gasteiger partial charge in [0.1, 0.15) is 5.82 Å². The highest BCUT2D eigenvalue weighted by molar-refractivity contribution is 5.90. The van der Waals surface area contributed by atoms with Gasteiger partial charge in [-0.25, -0.2) is 4.39 Å². The maximum Gasteiger partial charge on any atom is 0.267 e. The number of hydrogen-bond acceptors (Lipinski definition) is 2. The Kier molecular flexibility index (Phi) is 2.86. The lowest BCUT2D eigenvalue weighted by atomic mass is 10.0. The topological polar surface area (TPSA) is 40.5 Å². The predicted octanol–water partition coefficient (Wildman–Crippen LogP) is 0.770. The van der Waals surface area contributed by atoms with Crippen molar-refractivity contribution in [1.29, 1.82) is 0 Å². The van der Waals surface area contributed by atoms with Gasteiger partial charge in [0, 0.05) is 20.0 Å². The van der Waals surface area contributed by atoms with E-state index >= 15 is 0 Å². The van der Waals surface area contributed by atoms with Crippen LogP contribution in [-0.2, 0) is 4.79 Å². The van der Waals surface area contributed by atoms with Crippen LogP contribution in [0.3, 0.4) is 0 Å². The molecule has 0 radical (unpaired) electrons. The lowest BCUT2D eigenvalue weighted by molar-refractivity contribution is -0.137. The summed E-state index contributed by atoms with van der Waals surface area (Å²) in [5.74, 6) is 4.11. The van der Waals surface area contributed by atoms with E-state index in [2.05, 4.69) is 11.8 Å². The number of carbonyl (C=O) groups excluding carboxylic acids is 1. The molecule has 1 fully saturated rings. The molecule has 1 amide bonds. The molecule has 1 N–H and O–H groups in total. The van der Waals surface area contributed by atoms with Crippen LogP contribution in [0.15, 0.2) is 24.3 Å². The third-order valence-electron chi connectivity index (χ3n) is 2.79. The summed E-state index contributed by atoms with van der Waals surface area (Å²) in [5, 5.41) is 10.00. The lowest BCUT2D eigenvalue weighted by Crippen LogP contribution is -2.37. The zero-order chi connectivity index (χ0) is 12.5. The SMILES string of the molecule is CN1CCC(O)(C#Cc2ccccc2F)C1=O. The molecule has 4 heteroatoms. The second-order valence-electron chi connectivity index (χ2n) is 4.07. The Bertz CT molecular complexity index is 518. The van der Waals surface area contributed by atoms with Crippen LogP contribution in [0.2, 0.25) is 0 Å². The summed E-state index contributed by atoms with van der Waals surface area (Å²) in [6.07, 6.45) is 0.254. The number of likely N-dealkylation sites (N-methyl/N-ethyl adjacent to an activating group) is 1. The largest absolute Gasteiger partial charge is 0.369 e. The number of hydrogen-bond donors (Lipinski definition) is 1. The van der Waals surface area contributed by atoms with Gasteiger partial charge in [0.25, 0.3) is 5.91 Å². The van der Waals surface area contributed by atoms with Gasteiger partial charge in [-0.05, 0) is 12.1 Å². The zero-order valence-electron chi connectivity index (χ0n) is 9.40. The fourth-order valence-electron chi connectivity index (χ4n) is 1.70. The molecule has 1 aromatic rings. The highest BCUT2D eigenvalue weighted by Gasteiger charge is 2.42. The quantitative estimate of drug-likeness (QED) is 0.672. The molecular formula is C13H12FNO2. The van der Waals surface area contributed by atoms with Crippen molar-refractivity contribution in [1.82, 2.24) is 4.90 Å². The number of carbonyl (C=O) groups is 1. The normalized spacial score (nSPS) is 23.5. The molecule has 1 unspecified atom stereocenters. The van der Waals surface area contributed by atoms with Gasteiger partial charge < -0.3 is 10.0 Å². The molecule has 1 aliphatic rings. The van der Waals surface area contributed by atoms with Gasteiger partial charge in [-0.3, -0.25) is 4.79 Å². The molecular weight excluding hydrogens is 221 g/mol. The van der Waals surface area contributed by atoms with Gasteiger partial charge in [-0.15, -0.1) is 0 Å².